The van der Waals surface area contributed by atoms with Crippen LogP contribution in [0.4, 0.5) is 16.2 Å². The van der Waals surface area contributed by atoms with Crippen molar-refractivity contribution in [1.82, 2.24) is 20.5 Å². The van der Waals surface area contributed by atoms with Crippen LogP contribution in [0, 0.1) is 6.92 Å². The largest absolute Gasteiger partial charge is 0.457 e. The second-order valence-corrected chi connectivity index (χ2v) is 10.9. The van der Waals surface area contributed by atoms with E-state index in [-0.39, 0.29) is 11.9 Å². The topological polar surface area (TPSA) is 86.8 Å². The van der Waals surface area contributed by atoms with Gasteiger partial charge in [0, 0.05) is 24.3 Å². The van der Waals surface area contributed by atoms with Crippen LogP contribution in [0.1, 0.15) is 30.0 Å². The van der Waals surface area contributed by atoms with Crippen molar-refractivity contribution in [3.8, 4) is 11.5 Å². The number of para-hydroxylation sites is 1. The molecule has 0 spiro atoms. The highest BCUT2D eigenvalue weighted by molar-refractivity contribution is 8.01. The second-order valence-electron chi connectivity index (χ2n) is 9.74. The maximum atomic E-state index is 13.5. The van der Waals surface area contributed by atoms with E-state index < -0.39 is 11.3 Å². The number of urea groups is 1. The molecule has 8 nitrogen and oxygen atoms in total. The van der Waals surface area contributed by atoms with Crippen molar-refractivity contribution < 1.29 is 14.3 Å². The first-order valence-electron chi connectivity index (χ1n) is 12.6. The molecule has 0 aliphatic carbocycles. The molecule has 9 heteroatoms. The number of carbonyl (C=O) groups excluding carboxylic acids is 2. The Kier molecular flexibility index (Phi) is 6.26. The van der Waals surface area contributed by atoms with Gasteiger partial charge >= 0.3 is 6.03 Å². The maximum absolute atomic E-state index is 13.5. The Morgan fingerprint density at radius 3 is 2.76 bits per heavy atom. The first-order valence-corrected chi connectivity index (χ1v) is 13.5. The van der Waals surface area contributed by atoms with Gasteiger partial charge in [-0.15, -0.1) is 0 Å². The van der Waals surface area contributed by atoms with E-state index >= 15 is 0 Å². The van der Waals surface area contributed by atoms with Crippen LogP contribution in [-0.2, 0) is 4.79 Å². The van der Waals surface area contributed by atoms with Gasteiger partial charge in [0.2, 0.25) is 5.91 Å². The van der Waals surface area contributed by atoms with Crippen molar-refractivity contribution in [2.75, 3.05) is 25.0 Å². The van der Waals surface area contributed by atoms with Gasteiger partial charge in [0.1, 0.15) is 21.8 Å². The smallest absolute Gasteiger partial charge is 0.327 e. The molecule has 3 amide bonds. The van der Waals surface area contributed by atoms with Crippen molar-refractivity contribution in [2.24, 2.45) is 0 Å². The standard InChI is InChI=1S/C28H29N5O3S/c1-17-15-20(36-19-8-4-3-5-9-19)10-11-21(17)33-22-12-13-29-27-23(22)24(31-28(33)35)25(37-27)26(34)30-16-18-7-6-14-32(18)2/h3-5,8-13,15,18,24-25H,6-7,14,16H2,1-2H3,(H,30,34)(H,31,35)/t18?,24?,25-/m1/s1. The SMILES string of the molecule is Cc1cc(Oc2ccccc2)ccc1N1C(=O)NC2c3c1ccnc3S[C@H]2C(=O)NCC1CCCN1C. The molecular formula is C28H29N5O3S. The monoisotopic (exact) mass is 515 g/mol. The average molecular weight is 516 g/mol. The van der Waals surface area contributed by atoms with Gasteiger partial charge in [0.05, 0.1) is 17.4 Å². The predicted molar refractivity (Wildman–Crippen MR) is 144 cm³/mol. The van der Waals surface area contributed by atoms with Crippen molar-refractivity contribution in [2.45, 2.75) is 42.1 Å². The molecule has 0 radical (unpaired) electrons. The Hall–Kier alpha value is -3.56. The Bertz CT molecular complexity index is 1350. The fourth-order valence-corrected chi connectivity index (χ4v) is 6.64. The number of ether oxygens (including phenoxy) is 1. The van der Waals surface area contributed by atoms with E-state index in [2.05, 4.69) is 27.6 Å². The van der Waals surface area contributed by atoms with Crippen LogP contribution in [0.25, 0.3) is 0 Å². The highest BCUT2D eigenvalue weighted by Crippen LogP contribution is 2.51. The second kappa shape index (κ2) is 9.72. The van der Waals surface area contributed by atoms with Crippen LogP contribution < -0.4 is 20.3 Å². The first kappa shape index (κ1) is 23.8. The zero-order chi connectivity index (χ0) is 25.5. The van der Waals surface area contributed by atoms with Gasteiger partial charge in [-0.25, -0.2) is 9.78 Å². The van der Waals surface area contributed by atoms with Gasteiger partial charge in [-0.1, -0.05) is 30.0 Å². The minimum Gasteiger partial charge on any atom is -0.457 e. The fraction of sp³-hybridized carbons (Fsp3) is 0.321. The normalized spacial score (nSPS) is 22.5. The van der Waals surface area contributed by atoms with E-state index in [4.69, 9.17) is 4.74 Å². The average Bonchev–Trinajstić information content (AvgIpc) is 3.48. The summed E-state index contributed by atoms with van der Waals surface area (Å²) in [6.07, 6.45) is 3.95. The van der Waals surface area contributed by atoms with E-state index in [0.717, 1.165) is 52.7 Å². The van der Waals surface area contributed by atoms with Gasteiger partial charge in [0.25, 0.3) is 0 Å². The van der Waals surface area contributed by atoms with E-state index in [1.54, 1.807) is 11.1 Å². The molecule has 190 valence electrons. The highest BCUT2D eigenvalue weighted by Gasteiger charge is 2.46. The van der Waals surface area contributed by atoms with Crippen LogP contribution in [0.3, 0.4) is 0 Å². The van der Waals surface area contributed by atoms with Crippen molar-refractivity contribution in [3.63, 3.8) is 0 Å². The lowest BCUT2D eigenvalue weighted by Gasteiger charge is -2.35. The number of benzene rings is 2. The van der Waals surface area contributed by atoms with E-state index in [9.17, 15) is 9.59 Å². The van der Waals surface area contributed by atoms with Crippen LogP contribution in [-0.4, -0.2) is 53.3 Å². The summed E-state index contributed by atoms with van der Waals surface area (Å²) in [5, 5.41) is 6.55. The summed E-state index contributed by atoms with van der Waals surface area (Å²) in [6, 6.07) is 16.8. The lowest BCUT2D eigenvalue weighted by Crippen LogP contribution is -2.50. The molecule has 1 saturated heterocycles. The molecule has 6 rings (SSSR count). The van der Waals surface area contributed by atoms with Crippen LogP contribution in [0.2, 0.25) is 0 Å². The van der Waals surface area contributed by atoms with E-state index in [1.807, 2.05) is 61.5 Å². The number of nitrogens with one attached hydrogen (secondary N) is 2. The number of amides is 3. The van der Waals surface area contributed by atoms with Crippen LogP contribution >= 0.6 is 11.8 Å². The minimum atomic E-state index is -0.454. The number of likely N-dealkylation sites (N-methyl/N-ethyl adjacent to an activating group) is 1. The lowest BCUT2D eigenvalue weighted by molar-refractivity contribution is -0.121. The third kappa shape index (κ3) is 4.42. The summed E-state index contributed by atoms with van der Waals surface area (Å²) in [6.45, 7) is 3.64. The van der Waals surface area contributed by atoms with Crippen LogP contribution in [0.15, 0.2) is 65.8 Å². The molecule has 3 aliphatic rings. The Morgan fingerprint density at radius 1 is 1.16 bits per heavy atom. The molecule has 2 aromatic carbocycles. The third-order valence-electron chi connectivity index (χ3n) is 7.34. The molecular weight excluding hydrogens is 486 g/mol. The summed E-state index contributed by atoms with van der Waals surface area (Å²) in [4.78, 5) is 35.2. The Balaban J connectivity index is 1.24. The number of anilines is 2. The number of nitrogens with zero attached hydrogens (tertiary/aromatic N) is 3. The molecule has 3 aromatic rings. The van der Waals surface area contributed by atoms with Gasteiger partial charge in [-0.2, -0.15) is 0 Å². The number of hydrogen-bond donors (Lipinski definition) is 2. The number of aryl methyl sites for hydroxylation is 1. The molecule has 3 aliphatic heterocycles. The maximum Gasteiger partial charge on any atom is 0.327 e. The molecule has 1 aromatic heterocycles. The zero-order valence-corrected chi connectivity index (χ0v) is 21.6. The molecule has 2 unspecified atom stereocenters. The summed E-state index contributed by atoms with van der Waals surface area (Å²) in [5.41, 5.74) is 3.31. The number of hydrogen-bond acceptors (Lipinski definition) is 6. The number of thioether (sulfide) groups is 1. The Labute approximate surface area is 220 Å². The summed E-state index contributed by atoms with van der Waals surface area (Å²) in [7, 11) is 2.10. The van der Waals surface area contributed by atoms with Crippen molar-refractivity contribution in [1.29, 1.82) is 0 Å². The van der Waals surface area contributed by atoms with Gasteiger partial charge in [-0.3, -0.25) is 9.69 Å². The Morgan fingerprint density at radius 2 is 2.00 bits per heavy atom. The number of pyridine rings is 1. The molecule has 4 heterocycles. The molecule has 0 bridgehead atoms. The van der Waals surface area contributed by atoms with Gasteiger partial charge < -0.3 is 20.3 Å². The van der Waals surface area contributed by atoms with Gasteiger partial charge in [0.15, 0.2) is 0 Å². The quantitative estimate of drug-likeness (QED) is 0.492. The molecule has 37 heavy (non-hydrogen) atoms. The predicted octanol–water partition coefficient (Wildman–Crippen LogP) is 4.77. The summed E-state index contributed by atoms with van der Waals surface area (Å²) >= 11 is 1.42. The summed E-state index contributed by atoms with van der Waals surface area (Å²) in [5.74, 6) is 1.38. The van der Waals surface area contributed by atoms with Crippen molar-refractivity contribution >= 4 is 35.1 Å². The van der Waals surface area contributed by atoms with E-state index in [0.29, 0.717) is 18.3 Å². The molecule has 3 atom stereocenters. The zero-order valence-electron chi connectivity index (χ0n) is 20.8. The fourth-order valence-electron chi connectivity index (χ4n) is 5.39. The number of likely N-dealkylation sites (tertiary alicyclic amines) is 1. The minimum absolute atomic E-state index is 0.0633. The van der Waals surface area contributed by atoms with Crippen molar-refractivity contribution in [3.05, 3.63) is 71.9 Å². The van der Waals surface area contributed by atoms with E-state index in [1.165, 1.54) is 11.8 Å². The van der Waals surface area contributed by atoms with Crippen LogP contribution in [0.5, 0.6) is 11.5 Å². The number of carbonyl (C=O) groups is 2. The lowest BCUT2D eigenvalue weighted by atomic mass is 9.99. The highest BCUT2D eigenvalue weighted by atomic mass is 32.2. The first-order chi connectivity index (χ1) is 18.0. The number of rotatable bonds is 6. The molecule has 0 saturated carbocycles. The molecule has 2 N–H and O–H groups in total. The van der Waals surface area contributed by atoms with Gasteiger partial charge in [-0.05, 0) is 75.3 Å². The number of aromatic nitrogens is 1. The third-order valence-corrected chi connectivity index (χ3v) is 8.62. The molecule has 1 fully saturated rings. The summed E-state index contributed by atoms with van der Waals surface area (Å²) < 4.78 is 5.97.